The summed E-state index contributed by atoms with van der Waals surface area (Å²) in [6.07, 6.45) is 1.89. The van der Waals surface area contributed by atoms with Crippen molar-refractivity contribution in [2.24, 2.45) is 5.73 Å². The van der Waals surface area contributed by atoms with E-state index in [0.717, 1.165) is 24.2 Å². The van der Waals surface area contributed by atoms with Gasteiger partial charge in [-0.3, -0.25) is 0 Å². The van der Waals surface area contributed by atoms with E-state index in [1.165, 1.54) is 0 Å². The van der Waals surface area contributed by atoms with E-state index in [9.17, 15) is 0 Å². The Morgan fingerprint density at radius 3 is 2.79 bits per heavy atom. The van der Waals surface area contributed by atoms with Gasteiger partial charge in [0, 0.05) is 0 Å². The van der Waals surface area contributed by atoms with E-state index in [1.54, 1.807) is 0 Å². The van der Waals surface area contributed by atoms with Crippen LogP contribution in [0.3, 0.4) is 0 Å². The number of hydrogen-bond donors (Lipinski definition) is 2. The second-order valence-electron chi connectivity index (χ2n) is 3.07. The summed E-state index contributed by atoms with van der Waals surface area (Å²) in [6.45, 7) is 1.08. The van der Waals surface area contributed by atoms with Gasteiger partial charge >= 0.3 is 0 Å². The maximum Gasteiger partial charge on any atom is 0.122 e. The van der Waals surface area contributed by atoms with E-state index in [0.29, 0.717) is 13.2 Å². The smallest absolute Gasteiger partial charge is 0.122 e. The fourth-order valence-electron chi connectivity index (χ4n) is 1.30. The largest absolute Gasteiger partial charge is 0.491 e. The van der Waals surface area contributed by atoms with Gasteiger partial charge in [0.05, 0.1) is 6.61 Å². The van der Waals surface area contributed by atoms with Gasteiger partial charge in [-0.1, -0.05) is 18.2 Å². The third-order valence-electron chi connectivity index (χ3n) is 1.97. The molecule has 1 rings (SSSR count). The van der Waals surface area contributed by atoms with Gasteiger partial charge in [-0.15, -0.1) is 0 Å². The molecule has 0 saturated carbocycles. The molecule has 14 heavy (non-hydrogen) atoms. The van der Waals surface area contributed by atoms with Gasteiger partial charge in [0.1, 0.15) is 12.4 Å². The molecule has 0 aromatic heterocycles. The van der Waals surface area contributed by atoms with Crippen LogP contribution in [0.5, 0.6) is 5.75 Å². The van der Waals surface area contributed by atoms with E-state index >= 15 is 0 Å². The summed E-state index contributed by atoms with van der Waals surface area (Å²) in [5.41, 5.74) is 6.60. The van der Waals surface area contributed by atoms with E-state index in [4.69, 9.17) is 15.6 Å². The highest BCUT2D eigenvalue weighted by atomic mass is 16.5. The summed E-state index contributed by atoms with van der Waals surface area (Å²) in [5, 5.41) is 8.65. The number of aliphatic hydroxyl groups excluding tert-OH is 1. The highest BCUT2D eigenvalue weighted by Gasteiger charge is 2.01. The van der Waals surface area contributed by atoms with Gasteiger partial charge < -0.3 is 15.6 Å². The maximum atomic E-state index is 8.65. The van der Waals surface area contributed by atoms with E-state index in [1.807, 2.05) is 24.3 Å². The number of benzene rings is 1. The number of nitrogens with two attached hydrogens (primary N) is 1. The topological polar surface area (TPSA) is 55.5 Å². The Hall–Kier alpha value is -1.06. The van der Waals surface area contributed by atoms with Crippen molar-refractivity contribution in [3.63, 3.8) is 0 Å². The second kappa shape index (κ2) is 6.40. The molecule has 0 aliphatic heterocycles. The van der Waals surface area contributed by atoms with Gasteiger partial charge in [0.15, 0.2) is 0 Å². The number of hydrogen-bond acceptors (Lipinski definition) is 3. The Balaban J connectivity index is 2.60. The zero-order valence-corrected chi connectivity index (χ0v) is 8.28. The van der Waals surface area contributed by atoms with Crippen LogP contribution in [-0.2, 0) is 6.42 Å². The molecule has 0 spiro atoms. The molecule has 1 aromatic carbocycles. The van der Waals surface area contributed by atoms with E-state index in [-0.39, 0.29) is 6.61 Å². The monoisotopic (exact) mass is 195 g/mol. The van der Waals surface area contributed by atoms with Crippen molar-refractivity contribution in [2.75, 3.05) is 19.8 Å². The van der Waals surface area contributed by atoms with Crippen LogP contribution in [0.25, 0.3) is 0 Å². The zero-order chi connectivity index (χ0) is 10.2. The molecule has 0 bridgehead atoms. The molecule has 0 aliphatic rings. The van der Waals surface area contributed by atoms with Crippen LogP contribution in [0.4, 0.5) is 0 Å². The van der Waals surface area contributed by atoms with Crippen molar-refractivity contribution in [2.45, 2.75) is 12.8 Å². The minimum atomic E-state index is 0.0468. The lowest BCUT2D eigenvalue weighted by Gasteiger charge is -2.09. The Labute approximate surface area is 84.5 Å². The predicted molar refractivity (Wildman–Crippen MR) is 56.4 cm³/mol. The lowest BCUT2D eigenvalue weighted by atomic mass is 10.1. The highest BCUT2D eigenvalue weighted by Crippen LogP contribution is 2.18. The predicted octanol–water partition coefficient (Wildman–Crippen LogP) is 0.949. The first kappa shape index (κ1) is 11.0. The number of aliphatic hydroxyl groups is 1. The molecule has 0 saturated heterocycles. The van der Waals surface area contributed by atoms with Gasteiger partial charge in [0.2, 0.25) is 0 Å². The molecule has 0 amide bonds. The summed E-state index contributed by atoms with van der Waals surface area (Å²) >= 11 is 0. The van der Waals surface area contributed by atoms with E-state index in [2.05, 4.69) is 0 Å². The Morgan fingerprint density at radius 1 is 1.29 bits per heavy atom. The molecular weight excluding hydrogens is 178 g/mol. The summed E-state index contributed by atoms with van der Waals surface area (Å²) < 4.78 is 5.39. The molecule has 3 nitrogen and oxygen atoms in total. The molecule has 0 fully saturated rings. The number of para-hydroxylation sites is 1. The lowest BCUT2D eigenvalue weighted by Crippen LogP contribution is -2.05. The zero-order valence-electron chi connectivity index (χ0n) is 8.28. The second-order valence-corrected chi connectivity index (χ2v) is 3.07. The minimum absolute atomic E-state index is 0.0468. The van der Waals surface area contributed by atoms with Crippen molar-refractivity contribution in [3.8, 4) is 5.75 Å². The standard InChI is InChI=1S/C11H17NO2/c12-7-3-5-10-4-1-2-6-11(10)14-9-8-13/h1-2,4,6,13H,3,5,7-9,12H2. The van der Waals surface area contributed by atoms with Gasteiger partial charge in [0.25, 0.3) is 0 Å². The Kier molecular flexibility index (Phi) is 5.04. The molecule has 0 heterocycles. The lowest BCUT2D eigenvalue weighted by molar-refractivity contribution is 0.200. The summed E-state index contributed by atoms with van der Waals surface area (Å²) in [7, 11) is 0. The van der Waals surface area contributed by atoms with Crippen molar-refractivity contribution in [1.29, 1.82) is 0 Å². The van der Waals surface area contributed by atoms with Crippen LogP contribution in [-0.4, -0.2) is 24.9 Å². The molecular formula is C11H17NO2. The first-order chi connectivity index (χ1) is 6.88. The van der Waals surface area contributed by atoms with Crippen molar-refractivity contribution in [3.05, 3.63) is 29.8 Å². The van der Waals surface area contributed by atoms with Gasteiger partial charge in [-0.05, 0) is 31.0 Å². The Morgan fingerprint density at radius 2 is 2.07 bits per heavy atom. The third kappa shape index (κ3) is 3.36. The summed E-state index contributed by atoms with van der Waals surface area (Å²) in [4.78, 5) is 0. The molecule has 1 aromatic rings. The number of aryl methyl sites for hydroxylation is 1. The van der Waals surface area contributed by atoms with Crippen LogP contribution in [0, 0.1) is 0 Å². The van der Waals surface area contributed by atoms with Crippen molar-refractivity contribution < 1.29 is 9.84 Å². The Bertz CT molecular complexity index is 236. The minimum Gasteiger partial charge on any atom is -0.491 e. The van der Waals surface area contributed by atoms with Crippen LogP contribution in [0.2, 0.25) is 0 Å². The normalized spacial score (nSPS) is 10.1. The maximum absolute atomic E-state index is 8.65. The SMILES string of the molecule is NCCCc1ccccc1OCCO. The molecule has 0 radical (unpaired) electrons. The number of rotatable bonds is 6. The molecule has 0 aliphatic carbocycles. The molecule has 3 N–H and O–H groups in total. The molecule has 78 valence electrons. The average molecular weight is 195 g/mol. The third-order valence-corrected chi connectivity index (χ3v) is 1.97. The van der Waals surface area contributed by atoms with E-state index < -0.39 is 0 Å². The van der Waals surface area contributed by atoms with Crippen LogP contribution >= 0.6 is 0 Å². The van der Waals surface area contributed by atoms with Crippen LogP contribution < -0.4 is 10.5 Å². The fraction of sp³-hybridized carbons (Fsp3) is 0.455. The van der Waals surface area contributed by atoms with Gasteiger partial charge in [-0.2, -0.15) is 0 Å². The van der Waals surface area contributed by atoms with Crippen molar-refractivity contribution in [1.82, 2.24) is 0 Å². The fourth-order valence-corrected chi connectivity index (χ4v) is 1.30. The van der Waals surface area contributed by atoms with Crippen LogP contribution in [0.1, 0.15) is 12.0 Å². The number of ether oxygens (including phenoxy) is 1. The summed E-state index contributed by atoms with van der Waals surface area (Å²) in [5.74, 6) is 0.856. The van der Waals surface area contributed by atoms with Crippen LogP contribution in [0.15, 0.2) is 24.3 Å². The average Bonchev–Trinajstić information content (AvgIpc) is 2.24. The summed E-state index contributed by atoms with van der Waals surface area (Å²) in [6, 6.07) is 7.86. The molecule has 0 atom stereocenters. The molecule has 3 heteroatoms. The van der Waals surface area contributed by atoms with Gasteiger partial charge in [-0.25, -0.2) is 0 Å². The quantitative estimate of drug-likeness (QED) is 0.710. The first-order valence-electron chi connectivity index (χ1n) is 4.90. The first-order valence-corrected chi connectivity index (χ1v) is 4.90. The van der Waals surface area contributed by atoms with Crippen molar-refractivity contribution >= 4 is 0 Å². The highest BCUT2D eigenvalue weighted by molar-refractivity contribution is 5.33. The molecule has 0 unspecified atom stereocenters.